The molecule has 2 aromatic rings. The summed E-state index contributed by atoms with van der Waals surface area (Å²) < 4.78 is 0. The molecule has 4 N–H and O–H groups in total. The first-order valence-corrected chi connectivity index (χ1v) is 12.7. The van der Waals surface area contributed by atoms with Gasteiger partial charge < -0.3 is 15.7 Å². The van der Waals surface area contributed by atoms with E-state index in [2.05, 4.69) is 0 Å². The number of benzene rings is 2. The molecule has 3 rings (SSSR count). The standard InChI is InChI=1S/C29H36N4O4/c1-19(2)24(18-26(34)33-14-12-21(13-15-33)17-27(35)36)32-25(16-20-6-4-3-5-7-20)28(37)22-8-10-23(11-9-22)29(30)31/h3-11,19,21,24H,12-18H2,1-2H3,(H3,30,31)(H,35,36)/t24-/m0/s1. The number of nitrogens with one attached hydrogen (secondary N) is 1. The highest BCUT2D eigenvalue weighted by Crippen LogP contribution is 2.23. The monoisotopic (exact) mass is 504 g/mol. The number of likely N-dealkylation sites (tertiary alicyclic amines) is 1. The molecule has 1 aliphatic heterocycles. The number of nitrogen functional groups attached to an aromatic ring is 1. The lowest BCUT2D eigenvalue weighted by Crippen LogP contribution is -2.40. The lowest BCUT2D eigenvalue weighted by molar-refractivity contribution is -0.138. The lowest BCUT2D eigenvalue weighted by atomic mass is 9.92. The second kappa shape index (κ2) is 12.9. The summed E-state index contributed by atoms with van der Waals surface area (Å²) in [6.45, 7) is 5.08. The average Bonchev–Trinajstić information content (AvgIpc) is 2.88. The van der Waals surface area contributed by atoms with Gasteiger partial charge in [0.05, 0.1) is 11.8 Å². The smallest absolute Gasteiger partial charge is 0.303 e. The number of amides is 1. The minimum atomic E-state index is -0.800. The number of Topliss-reactive ketones (excluding diaryl/α,β-unsaturated/α-hetero) is 1. The van der Waals surface area contributed by atoms with Crippen LogP contribution in [0.15, 0.2) is 59.6 Å². The molecule has 0 unspecified atom stereocenters. The molecule has 1 heterocycles. The molecular formula is C29H36N4O4. The van der Waals surface area contributed by atoms with E-state index in [0.29, 0.717) is 49.2 Å². The molecule has 0 bridgehead atoms. The van der Waals surface area contributed by atoms with Crippen LogP contribution < -0.4 is 5.73 Å². The van der Waals surface area contributed by atoms with E-state index in [-0.39, 0.29) is 48.2 Å². The van der Waals surface area contributed by atoms with Crippen molar-refractivity contribution in [2.24, 2.45) is 22.6 Å². The van der Waals surface area contributed by atoms with Gasteiger partial charge in [0.1, 0.15) is 5.84 Å². The molecule has 1 saturated heterocycles. The Morgan fingerprint density at radius 2 is 1.62 bits per heavy atom. The Kier molecular flexibility index (Phi) is 9.71. The number of carbonyl (C=O) groups excluding carboxylic acids is 2. The van der Waals surface area contributed by atoms with Crippen LogP contribution in [0.1, 0.15) is 61.0 Å². The summed E-state index contributed by atoms with van der Waals surface area (Å²) in [7, 11) is 0. The summed E-state index contributed by atoms with van der Waals surface area (Å²) >= 11 is 0. The van der Waals surface area contributed by atoms with E-state index < -0.39 is 5.97 Å². The number of hydrogen-bond acceptors (Lipinski definition) is 5. The third-order valence-electron chi connectivity index (χ3n) is 6.84. The lowest BCUT2D eigenvalue weighted by Gasteiger charge is -2.32. The van der Waals surface area contributed by atoms with Crippen LogP contribution in [0.5, 0.6) is 0 Å². The van der Waals surface area contributed by atoms with Gasteiger partial charge in [0, 0.05) is 43.5 Å². The van der Waals surface area contributed by atoms with Gasteiger partial charge in [-0.2, -0.15) is 0 Å². The number of rotatable bonds is 11. The van der Waals surface area contributed by atoms with E-state index >= 15 is 0 Å². The minimum Gasteiger partial charge on any atom is -0.481 e. The zero-order valence-electron chi connectivity index (χ0n) is 21.5. The van der Waals surface area contributed by atoms with Crippen LogP contribution in [0.25, 0.3) is 0 Å². The van der Waals surface area contributed by atoms with Crippen LogP contribution in [-0.2, 0) is 16.0 Å². The van der Waals surface area contributed by atoms with Crippen molar-refractivity contribution in [2.45, 2.75) is 52.0 Å². The highest BCUT2D eigenvalue weighted by atomic mass is 16.4. The Morgan fingerprint density at radius 3 is 2.16 bits per heavy atom. The zero-order chi connectivity index (χ0) is 26.9. The van der Waals surface area contributed by atoms with Gasteiger partial charge in [-0.1, -0.05) is 68.4 Å². The Balaban J connectivity index is 1.81. The molecule has 1 amide bonds. The third kappa shape index (κ3) is 8.10. The van der Waals surface area contributed by atoms with Crippen molar-refractivity contribution in [3.8, 4) is 0 Å². The molecule has 1 aliphatic rings. The highest BCUT2D eigenvalue weighted by Gasteiger charge is 2.28. The summed E-state index contributed by atoms with van der Waals surface area (Å²) in [4.78, 5) is 44.4. The summed E-state index contributed by atoms with van der Waals surface area (Å²) in [5.41, 5.74) is 7.87. The topological polar surface area (TPSA) is 137 Å². The molecule has 0 aliphatic carbocycles. The van der Waals surface area contributed by atoms with Crippen LogP contribution in [0.3, 0.4) is 0 Å². The molecule has 37 heavy (non-hydrogen) atoms. The van der Waals surface area contributed by atoms with Gasteiger partial charge in [-0.25, -0.2) is 0 Å². The molecule has 0 aromatic heterocycles. The van der Waals surface area contributed by atoms with Crippen molar-refractivity contribution in [3.05, 3.63) is 71.3 Å². The van der Waals surface area contributed by atoms with Crippen molar-refractivity contribution >= 4 is 29.2 Å². The van der Waals surface area contributed by atoms with Crippen LogP contribution in [0, 0.1) is 17.2 Å². The molecule has 0 spiro atoms. The van der Waals surface area contributed by atoms with Gasteiger partial charge in [-0.3, -0.25) is 24.8 Å². The van der Waals surface area contributed by atoms with E-state index in [0.717, 1.165) is 5.56 Å². The first-order chi connectivity index (χ1) is 17.6. The van der Waals surface area contributed by atoms with Crippen LogP contribution in [0.4, 0.5) is 0 Å². The summed E-state index contributed by atoms with van der Waals surface area (Å²) in [6.07, 6.45) is 2.03. The fourth-order valence-electron chi connectivity index (χ4n) is 4.51. The summed E-state index contributed by atoms with van der Waals surface area (Å²) in [5, 5.41) is 16.6. The number of piperidine rings is 1. The predicted molar refractivity (Wildman–Crippen MR) is 144 cm³/mol. The van der Waals surface area contributed by atoms with Crippen LogP contribution in [-0.4, -0.2) is 58.3 Å². The molecule has 1 atom stereocenters. The number of aliphatic imine (C=N–C) groups is 1. The molecule has 0 saturated carbocycles. The molecule has 8 nitrogen and oxygen atoms in total. The van der Waals surface area contributed by atoms with Crippen molar-refractivity contribution < 1.29 is 19.5 Å². The third-order valence-corrected chi connectivity index (χ3v) is 6.84. The first-order valence-electron chi connectivity index (χ1n) is 12.7. The Morgan fingerprint density at radius 1 is 1.03 bits per heavy atom. The Hall–Kier alpha value is -3.81. The quantitative estimate of drug-likeness (QED) is 0.242. The van der Waals surface area contributed by atoms with Gasteiger partial charge in [-0.05, 0) is 30.2 Å². The number of aliphatic carboxylic acids is 1. The fraction of sp³-hybridized carbons (Fsp3) is 0.414. The van der Waals surface area contributed by atoms with E-state index in [1.165, 1.54) is 0 Å². The van der Waals surface area contributed by atoms with Crippen molar-refractivity contribution in [3.63, 3.8) is 0 Å². The van der Waals surface area contributed by atoms with Gasteiger partial charge >= 0.3 is 5.97 Å². The van der Waals surface area contributed by atoms with E-state index in [1.54, 1.807) is 29.2 Å². The van der Waals surface area contributed by atoms with E-state index in [1.807, 2.05) is 44.2 Å². The Bertz CT molecular complexity index is 1130. The number of ketones is 1. The minimum absolute atomic E-state index is 0.0199. The SMILES string of the molecule is CC(C)[C@H](CC(=O)N1CCC(CC(=O)O)CC1)N=C(Cc1ccccc1)C(=O)c1ccc(C(=N)N)cc1. The molecule has 2 aromatic carbocycles. The van der Waals surface area contributed by atoms with Gasteiger partial charge in [0.2, 0.25) is 11.7 Å². The largest absolute Gasteiger partial charge is 0.481 e. The number of carboxylic acid groups (broad SMARTS) is 1. The number of nitrogens with two attached hydrogens (primary N) is 1. The number of hydrogen-bond donors (Lipinski definition) is 3. The number of nitrogens with zero attached hydrogens (tertiary/aromatic N) is 2. The van der Waals surface area contributed by atoms with Crippen LogP contribution in [0.2, 0.25) is 0 Å². The zero-order valence-corrected chi connectivity index (χ0v) is 21.5. The fourth-order valence-corrected chi connectivity index (χ4v) is 4.51. The van der Waals surface area contributed by atoms with Gasteiger partial charge in [0.15, 0.2) is 0 Å². The second-order valence-corrected chi connectivity index (χ2v) is 10.00. The Labute approximate surface area is 218 Å². The summed E-state index contributed by atoms with van der Waals surface area (Å²) in [6, 6.07) is 15.8. The maximum absolute atomic E-state index is 13.5. The molecule has 0 radical (unpaired) electrons. The first kappa shape index (κ1) is 27.8. The summed E-state index contributed by atoms with van der Waals surface area (Å²) in [5.74, 6) is -0.967. The number of carboxylic acids is 1. The van der Waals surface area contributed by atoms with Gasteiger partial charge in [-0.15, -0.1) is 0 Å². The molecule has 8 heteroatoms. The van der Waals surface area contributed by atoms with Gasteiger partial charge in [0.25, 0.3) is 0 Å². The molecule has 1 fully saturated rings. The normalized spacial score (nSPS) is 15.4. The van der Waals surface area contributed by atoms with E-state index in [4.69, 9.17) is 21.2 Å². The van der Waals surface area contributed by atoms with Crippen LogP contribution >= 0.6 is 0 Å². The van der Waals surface area contributed by atoms with E-state index in [9.17, 15) is 14.4 Å². The van der Waals surface area contributed by atoms with Crippen molar-refractivity contribution in [1.82, 2.24) is 4.90 Å². The van der Waals surface area contributed by atoms with Crippen molar-refractivity contribution in [2.75, 3.05) is 13.1 Å². The van der Waals surface area contributed by atoms with Crippen molar-refractivity contribution in [1.29, 1.82) is 5.41 Å². The molecule has 196 valence electrons. The molecular weight excluding hydrogens is 468 g/mol. The maximum atomic E-state index is 13.5. The number of amidine groups is 1. The number of carbonyl (C=O) groups is 3. The second-order valence-electron chi connectivity index (χ2n) is 10.00. The maximum Gasteiger partial charge on any atom is 0.303 e. The highest BCUT2D eigenvalue weighted by molar-refractivity contribution is 6.46. The average molecular weight is 505 g/mol. The predicted octanol–water partition coefficient (Wildman–Crippen LogP) is 3.97.